The van der Waals surface area contributed by atoms with Crippen LogP contribution in [0.3, 0.4) is 0 Å². The molecule has 0 aromatic carbocycles. The molecular formula is C10H19NO2. The van der Waals surface area contributed by atoms with E-state index >= 15 is 0 Å². The standard InChI is InChI=1S/C10H19NO2/c1-2-8-5-3-4-6-9(8)11-7-10(12)13/h8-9,11H,2-7H2,1H3,(H,12,13). The van der Waals surface area contributed by atoms with Crippen LogP contribution >= 0.6 is 0 Å². The van der Waals surface area contributed by atoms with E-state index in [1.54, 1.807) is 0 Å². The second kappa shape index (κ2) is 5.22. The summed E-state index contributed by atoms with van der Waals surface area (Å²) in [7, 11) is 0. The minimum Gasteiger partial charge on any atom is -0.480 e. The Morgan fingerprint density at radius 1 is 1.46 bits per heavy atom. The van der Waals surface area contributed by atoms with Gasteiger partial charge in [-0.05, 0) is 18.8 Å². The van der Waals surface area contributed by atoms with Gasteiger partial charge < -0.3 is 10.4 Å². The molecule has 0 spiro atoms. The molecule has 0 aromatic rings. The lowest BCUT2D eigenvalue weighted by atomic mass is 9.83. The first kappa shape index (κ1) is 10.5. The summed E-state index contributed by atoms with van der Waals surface area (Å²) in [6.45, 7) is 2.30. The number of carbonyl (C=O) groups is 1. The molecule has 1 rings (SSSR count). The monoisotopic (exact) mass is 185 g/mol. The average molecular weight is 185 g/mol. The van der Waals surface area contributed by atoms with Crippen molar-refractivity contribution in [1.82, 2.24) is 5.32 Å². The second-order valence-electron chi connectivity index (χ2n) is 3.83. The van der Waals surface area contributed by atoms with Gasteiger partial charge in [0.1, 0.15) is 0 Å². The van der Waals surface area contributed by atoms with E-state index in [0.29, 0.717) is 12.0 Å². The summed E-state index contributed by atoms with van der Waals surface area (Å²) in [5.74, 6) is -0.0615. The van der Waals surface area contributed by atoms with Crippen molar-refractivity contribution in [3.8, 4) is 0 Å². The zero-order valence-corrected chi connectivity index (χ0v) is 8.25. The molecule has 3 nitrogen and oxygen atoms in total. The zero-order chi connectivity index (χ0) is 9.68. The lowest BCUT2D eigenvalue weighted by Crippen LogP contribution is -2.40. The van der Waals surface area contributed by atoms with Gasteiger partial charge in [-0.3, -0.25) is 4.79 Å². The van der Waals surface area contributed by atoms with Crippen LogP contribution in [0.15, 0.2) is 0 Å². The van der Waals surface area contributed by atoms with Gasteiger partial charge in [0.2, 0.25) is 0 Å². The van der Waals surface area contributed by atoms with Crippen LogP contribution in [-0.4, -0.2) is 23.7 Å². The molecule has 2 N–H and O–H groups in total. The number of hydrogen-bond acceptors (Lipinski definition) is 2. The quantitative estimate of drug-likeness (QED) is 0.700. The van der Waals surface area contributed by atoms with Gasteiger partial charge in [-0.15, -0.1) is 0 Å². The lowest BCUT2D eigenvalue weighted by molar-refractivity contribution is -0.136. The van der Waals surface area contributed by atoms with Gasteiger partial charge >= 0.3 is 5.97 Å². The topological polar surface area (TPSA) is 49.3 Å². The predicted molar refractivity (Wildman–Crippen MR) is 51.7 cm³/mol. The number of nitrogens with one attached hydrogen (secondary N) is 1. The van der Waals surface area contributed by atoms with Crippen LogP contribution in [0.1, 0.15) is 39.0 Å². The van der Waals surface area contributed by atoms with Crippen molar-refractivity contribution in [3.63, 3.8) is 0 Å². The van der Waals surface area contributed by atoms with Crippen molar-refractivity contribution in [3.05, 3.63) is 0 Å². The molecule has 2 atom stereocenters. The van der Waals surface area contributed by atoms with Crippen molar-refractivity contribution < 1.29 is 9.90 Å². The van der Waals surface area contributed by atoms with E-state index in [9.17, 15) is 4.79 Å². The molecule has 76 valence electrons. The normalized spacial score (nSPS) is 28.7. The van der Waals surface area contributed by atoms with E-state index in [4.69, 9.17) is 5.11 Å². The van der Waals surface area contributed by atoms with Crippen molar-refractivity contribution in [1.29, 1.82) is 0 Å². The molecule has 1 saturated carbocycles. The molecule has 0 amide bonds. The van der Waals surface area contributed by atoms with E-state index in [-0.39, 0.29) is 6.54 Å². The van der Waals surface area contributed by atoms with Crippen molar-refractivity contribution in [2.45, 2.75) is 45.1 Å². The van der Waals surface area contributed by atoms with Crippen LogP contribution in [0.25, 0.3) is 0 Å². The summed E-state index contributed by atoms with van der Waals surface area (Å²) in [5, 5.41) is 11.7. The highest BCUT2D eigenvalue weighted by atomic mass is 16.4. The summed E-state index contributed by atoms with van der Waals surface area (Å²) in [6, 6.07) is 0.440. The summed E-state index contributed by atoms with van der Waals surface area (Å²) in [6.07, 6.45) is 6.12. The molecule has 0 radical (unpaired) electrons. The molecule has 0 aromatic heterocycles. The maximum absolute atomic E-state index is 10.4. The molecule has 0 saturated heterocycles. The third kappa shape index (κ3) is 3.35. The van der Waals surface area contributed by atoms with Gasteiger partial charge in [-0.25, -0.2) is 0 Å². The fourth-order valence-electron chi connectivity index (χ4n) is 2.18. The molecule has 13 heavy (non-hydrogen) atoms. The number of carboxylic acids is 1. The van der Waals surface area contributed by atoms with Crippen LogP contribution < -0.4 is 5.32 Å². The van der Waals surface area contributed by atoms with Gasteiger partial charge in [0.05, 0.1) is 6.54 Å². The van der Waals surface area contributed by atoms with E-state index < -0.39 is 5.97 Å². The maximum atomic E-state index is 10.4. The van der Waals surface area contributed by atoms with E-state index in [0.717, 1.165) is 12.8 Å². The van der Waals surface area contributed by atoms with Crippen LogP contribution in [-0.2, 0) is 4.79 Å². The Morgan fingerprint density at radius 2 is 2.15 bits per heavy atom. The molecule has 0 heterocycles. The SMILES string of the molecule is CCC1CCCCC1NCC(=O)O. The fraction of sp³-hybridized carbons (Fsp3) is 0.900. The molecule has 1 aliphatic carbocycles. The predicted octanol–water partition coefficient (Wildman–Crippen LogP) is 1.63. The molecule has 1 aliphatic rings. The van der Waals surface area contributed by atoms with E-state index in [1.165, 1.54) is 19.3 Å². The van der Waals surface area contributed by atoms with Gasteiger partial charge in [0.25, 0.3) is 0 Å². The summed E-state index contributed by atoms with van der Waals surface area (Å²) in [4.78, 5) is 10.4. The van der Waals surface area contributed by atoms with Crippen LogP contribution in [0.2, 0.25) is 0 Å². The van der Waals surface area contributed by atoms with Crippen LogP contribution in [0.5, 0.6) is 0 Å². The van der Waals surface area contributed by atoms with Crippen molar-refractivity contribution in [2.75, 3.05) is 6.54 Å². The minimum absolute atomic E-state index is 0.112. The largest absolute Gasteiger partial charge is 0.480 e. The molecule has 0 bridgehead atoms. The first-order valence-corrected chi connectivity index (χ1v) is 5.19. The first-order chi connectivity index (χ1) is 6.24. The smallest absolute Gasteiger partial charge is 0.317 e. The number of aliphatic carboxylic acids is 1. The Kier molecular flexibility index (Phi) is 4.22. The van der Waals surface area contributed by atoms with Crippen LogP contribution in [0, 0.1) is 5.92 Å². The van der Waals surface area contributed by atoms with Gasteiger partial charge in [-0.1, -0.05) is 26.2 Å². The molecule has 2 unspecified atom stereocenters. The molecular weight excluding hydrogens is 166 g/mol. The van der Waals surface area contributed by atoms with Crippen LogP contribution in [0.4, 0.5) is 0 Å². The lowest BCUT2D eigenvalue weighted by Gasteiger charge is -2.31. The second-order valence-corrected chi connectivity index (χ2v) is 3.83. The van der Waals surface area contributed by atoms with E-state index in [2.05, 4.69) is 12.2 Å². The Bertz CT molecular complexity index is 170. The van der Waals surface area contributed by atoms with E-state index in [1.807, 2.05) is 0 Å². The van der Waals surface area contributed by atoms with Gasteiger partial charge in [0.15, 0.2) is 0 Å². The Labute approximate surface area is 79.5 Å². The highest BCUT2D eigenvalue weighted by molar-refractivity contribution is 5.69. The highest BCUT2D eigenvalue weighted by Gasteiger charge is 2.23. The average Bonchev–Trinajstić information content (AvgIpc) is 2.15. The molecule has 3 heteroatoms. The fourth-order valence-corrected chi connectivity index (χ4v) is 2.18. The summed E-state index contributed by atoms with van der Waals surface area (Å²) in [5.41, 5.74) is 0. The molecule has 0 aliphatic heterocycles. The Balaban J connectivity index is 2.31. The third-order valence-electron chi connectivity index (χ3n) is 2.95. The maximum Gasteiger partial charge on any atom is 0.317 e. The Hall–Kier alpha value is -0.570. The third-order valence-corrected chi connectivity index (χ3v) is 2.95. The number of carboxylic acid groups (broad SMARTS) is 1. The first-order valence-electron chi connectivity index (χ1n) is 5.19. The van der Waals surface area contributed by atoms with Crippen molar-refractivity contribution in [2.24, 2.45) is 5.92 Å². The number of rotatable bonds is 4. The summed E-state index contributed by atoms with van der Waals surface area (Å²) >= 11 is 0. The van der Waals surface area contributed by atoms with Crippen molar-refractivity contribution >= 4 is 5.97 Å². The summed E-state index contributed by atoms with van der Waals surface area (Å²) < 4.78 is 0. The highest BCUT2D eigenvalue weighted by Crippen LogP contribution is 2.26. The Morgan fingerprint density at radius 3 is 2.77 bits per heavy atom. The molecule has 1 fully saturated rings. The van der Waals surface area contributed by atoms with Gasteiger partial charge in [-0.2, -0.15) is 0 Å². The zero-order valence-electron chi connectivity index (χ0n) is 8.25. The minimum atomic E-state index is -0.750. The number of hydrogen-bond donors (Lipinski definition) is 2. The van der Waals surface area contributed by atoms with Gasteiger partial charge in [0, 0.05) is 6.04 Å².